The Morgan fingerprint density at radius 3 is 2.33 bits per heavy atom. The van der Waals surface area contributed by atoms with Gasteiger partial charge in [0, 0.05) is 6.54 Å². The molecule has 0 aromatic rings. The molecule has 0 aliphatic heterocycles. The van der Waals surface area contributed by atoms with E-state index in [1.54, 1.807) is 7.05 Å². The molecular formula is C11H25N3O. The van der Waals surface area contributed by atoms with Gasteiger partial charge in [-0.25, -0.2) is 0 Å². The van der Waals surface area contributed by atoms with Crippen LogP contribution in [0.15, 0.2) is 0 Å². The molecule has 3 N–H and O–H groups in total. The van der Waals surface area contributed by atoms with Gasteiger partial charge in [0.05, 0.1) is 5.54 Å². The smallest absolute Gasteiger partial charge is 0.237 e. The zero-order chi connectivity index (χ0) is 11.9. The number of amides is 1. The minimum atomic E-state index is -0.582. The number of carbonyl (C=O) groups is 1. The molecule has 0 spiro atoms. The summed E-state index contributed by atoms with van der Waals surface area (Å²) in [6.07, 6.45) is 1.90. The summed E-state index contributed by atoms with van der Waals surface area (Å²) < 4.78 is 0. The molecule has 0 aliphatic carbocycles. The van der Waals surface area contributed by atoms with E-state index < -0.39 is 5.54 Å². The first kappa shape index (κ1) is 14.4. The van der Waals surface area contributed by atoms with Crippen molar-refractivity contribution in [3.63, 3.8) is 0 Å². The standard InChI is InChI=1S/C11H25N3O/c1-5-8-14(6-2)9-7-11(3,13-4)10(12)15/h13H,5-9H2,1-4H3,(H2,12,15). The quantitative estimate of drug-likeness (QED) is 0.622. The van der Waals surface area contributed by atoms with Gasteiger partial charge in [0.1, 0.15) is 0 Å². The second-order valence-corrected chi connectivity index (χ2v) is 4.13. The zero-order valence-electron chi connectivity index (χ0n) is 10.5. The molecular weight excluding hydrogens is 190 g/mol. The van der Waals surface area contributed by atoms with E-state index in [4.69, 9.17) is 5.73 Å². The maximum absolute atomic E-state index is 11.3. The van der Waals surface area contributed by atoms with Crippen LogP contribution >= 0.6 is 0 Å². The van der Waals surface area contributed by atoms with Gasteiger partial charge < -0.3 is 16.0 Å². The summed E-state index contributed by atoms with van der Waals surface area (Å²) in [7, 11) is 1.78. The first-order chi connectivity index (χ1) is 7.00. The van der Waals surface area contributed by atoms with Gasteiger partial charge >= 0.3 is 0 Å². The summed E-state index contributed by atoms with van der Waals surface area (Å²) in [6, 6.07) is 0. The summed E-state index contributed by atoms with van der Waals surface area (Å²) in [6.45, 7) is 9.16. The van der Waals surface area contributed by atoms with Gasteiger partial charge in [0.15, 0.2) is 0 Å². The minimum Gasteiger partial charge on any atom is -0.368 e. The molecule has 0 aromatic carbocycles. The highest BCUT2D eigenvalue weighted by atomic mass is 16.1. The number of likely N-dealkylation sites (N-methyl/N-ethyl adjacent to an activating group) is 1. The van der Waals surface area contributed by atoms with Gasteiger partial charge in [0.25, 0.3) is 0 Å². The minimum absolute atomic E-state index is 0.280. The van der Waals surface area contributed by atoms with Crippen molar-refractivity contribution in [2.24, 2.45) is 5.73 Å². The summed E-state index contributed by atoms with van der Waals surface area (Å²) >= 11 is 0. The van der Waals surface area contributed by atoms with Crippen molar-refractivity contribution in [3.8, 4) is 0 Å². The van der Waals surface area contributed by atoms with E-state index >= 15 is 0 Å². The van der Waals surface area contributed by atoms with Crippen molar-refractivity contribution in [3.05, 3.63) is 0 Å². The Balaban J connectivity index is 4.14. The fourth-order valence-electron chi connectivity index (χ4n) is 1.50. The average molecular weight is 215 g/mol. The first-order valence-corrected chi connectivity index (χ1v) is 5.71. The SMILES string of the molecule is CCCN(CC)CCC(C)(NC)C(N)=O. The highest BCUT2D eigenvalue weighted by Crippen LogP contribution is 2.09. The average Bonchev–Trinajstić information content (AvgIpc) is 2.23. The van der Waals surface area contributed by atoms with E-state index in [0.29, 0.717) is 0 Å². The molecule has 4 nitrogen and oxygen atoms in total. The lowest BCUT2D eigenvalue weighted by molar-refractivity contribution is -0.124. The Kier molecular flexibility index (Phi) is 6.52. The Morgan fingerprint density at radius 1 is 1.40 bits per heavy atom. The molecule has 0 aromatic heterocycles. The maximum atomic E-state index is 11.3. The van der Waals surface area contributed by atoms with E-state index in [9.17, 15) is 4.79 Å². The van der Waals surface area contributed by atoms with Gasteiger partial charge in [-0.2, -0.15) is 0 Å². The number of nitrogens with zero attached hydrogens (tertiary/aromatic N) is 1. The number of nitrogens with one attached hydrogen (secondary N) is 1. The Bertz CT molecular complexity index is 196. The highest BCUT2D eigenvalue weighted by Gasteiger charge is 2.28. The van der Waals surface area contributed by atoms with Gasteiger partial charge in [-0.15, -0.1) is 0 Å². The fraction of sp³-hybridized carbons (Fsp3) is 0.909. The molecule has 1 atom stereocenters. The number of nitrogens with two attached hydrogens (primary N) is 1. The van der Waals surface area contributed by atoms with Gasteiger partial charge in [-0.05, 0) is 39.9 Å². The molecule has 90 valence electrons. The van der Waals surface area contributed by atoms with Crippen LogP contribution in [0.1, 0.15) is 33.6 Å². The fourth-order valence-corrected chi connectivity index (χ4v) is 1.50. The van der Waals surface area contributed by atoms with Crippen LogP contribution in [0.4, 0.5) is 0 Å². The highest BCUT2D eigenvalue weighted by molar-refractivity contribution is 5.84. The number of hydrogen-bond acceptors (Lipinski definition) is 3. The van der Waals surface area contributed by atoms with Crippen LogP contribution in [0.3, 0.4) is 0 Å². The van der Waals surface area contributed by atoms with Crippen LogP contribution in [-0.4, -0.2) is 43.0 Å². The van der Waals surface area contributed by atoms with E-state index in [1.165, 1.54) is 0 Å². The maximum Gasteiger partial charge on any atom is 0.237 e. The van der Waals surface area contributed by atoms with Crippen LogP contribution < -0.4 is 11.1 Å². The van der Waals surface area contributed by atoms with E-state index in [0.717, 1.165) is 32.5 Å². The lowest BCUT2D eigenvalue weighted by atomic mass is 9.97. The topological polar surface area (TPSA) is 58.4 Å². The lowest BCUT2D eigenvalue weighted by Gasteiger charge is -2.29. The molecule has 0 saturated carbocycles. The summed E-state index contributed by atoms with van der Waals surface area (Å²) in [5, 5.41) is 3.00. The molecule has 0 heterocycles. The molecule has 15 heavy (non-hydrogen) atoms. The number of carbonyl (C=O) groups excluding carboxylic acids is 1. The third-order valence-electron chi connectivity index (χ3n) is 3.01. The Labute approximate surface area is 93.2 Å². The predicted octanol–water partition coefficient (Wildman–Crippen LogP) is 0.572. The first-order valence-electron chi connectivity index (χ1n) is 5.71. The van der Waals surface area contributed by atoms with Crippen LogP contribution in [0, 0.1) is 0 Å². The van der Waals surface area contributed by atoms with Crippen LogP contribution in [0.5, 0.6) is 0 Å². The normalized spacial score (nSPS) is 15.3. The van der Waals surface area contributed by atoms with E-state index in [2.05, 4.69) is 24.1 Å². The van der Waals surface area contributed by atoms with Crippen molar-refractivity contribution in [2.45, 2.75) is 39.2 Å². The predicted molar refractivity (Wildman–Crippen MR) is 63.7 cm³/mol. The molecule has 4 heteroatoms. The number of primary amides is 1. The second-order valence-electron chi connectivity index (χ2n) is 4.13. The molecule has 0 bridgehead atoms. The third kappa shape index (κ3) is 4.62. The summed E-state index contributed by atoms with van der Waals surface area (Å²) in [5.74, 6) is -0.280. The van der Waals surface area contributed by atoms with Crippen LogP contribution in [0.2, 0.25) is 0 Å². The van der Waals surface area contributed by atoms with Crippen molar-refractivity contribution in [1.82, 2.24) is 10.2 Å². The molecule has 0 fully saturated rings. The van der Waals surface area contributed by atoms with E-state index in [1.807, 2.05) is 6.92 Å². The monoisotopic (exact) mass is 215 g/mol. The number of hydrogen-bond donors (Lipinski definition) is 2. The molecule has 0 radical (unpaired) electrons. The van der Waals surface area contributed by atoms with Crippen LogP contribution in [0.25, 0.3) is 0 Å². The molecule has 0 saturated heterocycles. The van der Waals surface area contributed by atoms with Crippen molar-refractivity contribution >= 4 is 5.91 Å². The molecule has 0 rings (SSSR count). The zero-order valence-corrected chi connectivity index (χ0v) is 10.5. The van der Waals surface area contributed by atoms with Crippen molar-refractivity contribution in [2.75, 3.05) is 26.7 Å². The largest absolute Gasteiger partial charge is 0.368 e. The third-order valence-corrected chi connectivity index (χ3v) is 3.01. The summed E-state index contributed by atoms with van der Waals surface area (Å²) in [5.41, 5.74) is 4.78. The van der Waals surface area contributed by atoms with E-state index in [-0.39, 0.29) is 5.91 Å². The summed E-state index contributed by atoms with van der Waals surface area (Å²) in [4.78, 5) is 13.6. The number of rotatable bonds is 8. The van der Waals surface area contributed by atoms with Gasteiger partial charge in [0.2, 0.25) is 5.91 Å². The van der Waals surface area contributed by atoms with Gasteiger partial charge in [-0.1, -0.05) is 13.8 Å². The molecule has 0 aliphatic rings. The molecule has 1 unspecified atom stereocenters. The van der Waals surface area contributed by atoms with Crippen molar-refractivity contribution < 1.29 is 4.79 Å². The Hall–Kier alpha value is -0.610. The molecule has 1 amide bonds. The van der Waals surface area contributed by atoms with Crippen molar-refractivity contribution in [1.29, 1.82) is 0 Å². The van der Waals surface area contributed by atoms with Crippen LogP contribution in [-0.2, 0) is 4.79 Å². The second kappa shape index (κ2) is 6.80. The lowest BCUT2D eigenvalue weighted by Crippen LogP contribution is -2.53. The Morgan fingerprint density at radius 2 is 2.00 bits per heavy atom. The van der Waals surface area contributed by atoms with Gasteiger partial charge in [-0.3, -0.25) is 4.79 Å².